The second-order valence-electron chi connectivity index (χ2n) is 5.67. The van der Waals surface area contributed by atoms with Crippen molar-refractivity contribution in [1.29, 1.82) is 0 Å². The standard InChI is InChI=1S/C16H22N4S/c1-4-17-14-11(2)16(19-15(18-14)13-5-6-13)20(3)9-12-7-8-21-10-12/h7-8,10,13H,4-6,9H2,1-3H3,(H,17,18,19). The number of anilines is 2. The minimum absolute atomic E-state index is 0.566. The molecule has 4 nitrogen and oxygen atoms in total. The van der Waals surface area contributed by atoms with Gasteiger partial charge in [-0.05, 0) is 49.1 Å². The normalized spacial score (nSPS) is 14.2. The van der Waals surface area contributed by atoms with Gasteiger partial charge in [0.1, 0.15) is 17.5 Å². The molecule has 1 saturated carbocycles. The Balaban J connectivity index is 1.91. The third-order valence-corrected chi connectivity index (χ3v) is 4.52. The van der Waals surface area contributed by atoms with Crippen LogP contribution in [0.3, 0.4) is 0 Å². The highest BCUT2D eigenvalue weighted by Gasteiger charge is 2.28. The molecular weight excluding hydrogens is 280 g/mol. The molecule has 0 saturated heterocycles. The highest BCUT2D eigenvalue weighted by Crippen LogP contribution is 2.40. The minimum atomic E-state index is 0.566. The van der Waals surface area contributed by atoms with Crippen molar-refractivity contribution >= 4 is 23.0 Å². The smallest absolute Gasteiger partial charge is 0.137 e. The van der Waals surface area contributed by atoms with Gasteiger partial charge in [-0.25, -0.2) is 9.97 Å². The Morgan fingerprint density at radius 1 is 1.38 bits per heavy atom. The molecule has 0 aliphatic heterocycles. The second kappa shape index (κ2) is 6.02. The van der Waals surface area contributed by atoms with Gasteiger partial charge in [-0.2, -0.15) is 11.3 Å². The molecule has 0 atom stereocenters. The van der Waals surface area contributed by atoms with Gasteiger partial charge in [-0.1, -0.05) is 0 Å². The molecule has 2 heterocycles. The lowest BCUT2D eigenvalue weighted by atomic mass is 10.2. The molecule has 5 heteroatoms. The Hall–Kier alpha value is -1.62. The van der Waals surface area contributed by atoms with Gasteiger partial charge in [0.25, 0.3) is 0 Å². The fourth-order valence-corrected chi connectivity index (χ4v) is 3.15. The van der Waals surface area contributed by atoms with E-state index in [0.29, 0.717) is 5.92 Å². The van der Waals surface area contributed by atoms with Crippen molar-refractivity contribution in [3.8, 4) is 0 Å². The van der Waals surface area contributed by atoms with Gasteiger partial charge in [0.05, 0.1) is 0 Å². The van der Waals surface area contributed by atoms with E-state index in [9.17, 15) is 0 Å². The lowest BCUT2D eigenvalue weighted by Crippen LogP contribution is -2.20. The van der Waals surface area contributed by atoms with Gasteiger partial charge in [0.2, 0.25) is 0 Å². The highest BCUT2D eigenvalue weighted by atomic mass is 32.1. The van der Waals surface area contributed by atoms with Crippen molar-refractivity contribution < 1.29 is 0 Å². The largest absolute Gasteiger partial charge is 0.370 e. The SMILES string of the molecule is CCNc1nc(C2CC2)nc(N(C)Cc2ccsc2)c1C. The predicted molar refractivity (Wildman–Crippen MR) is 89.3 cm³/mol. The van der Waals surface area contributed by atoms with Crippen LogP contribution in [0.4, 0.5) is 11.6 Å². The maximum absolute atomic E-state index is 4.84. The average molecular weight is 302 g/mol. The second-order valence-corrected chi connectivity index (χ2v) is 6.45. The van der Waals surface area contributed by atoms with E-state index in [1.807, 2.05) is 0 Å². The lowest BCUT2D eigenvalue weighted by molar-refractivity contribution is 0.846. The summed E-state index contributed by atoms with van der Waals surface area (Å²) >= 11 is 1.74. The molecule has 0 bridgehead atoms. The zero-order valence-electron chi connectivity index (χ0n) is 12.9. The Kier molecular flexibility index (Phi) is 4.10. The van der Waals surface area contributed by atoms with Crippen LogP contribution in [0.15, 0.2) is 16.8 Å². The van der Waals surface area contributed by atoms with Crippen LogP contribution >= 0.6 is 11.3 Å². The van der Waals surface area contributed by atoms with Crippen LogP contribution in [0, 0.1) is 6.92 Å². The summed E-state index contributed by atoms with van der Waals surface area (Å²) < 4.78 is 0. The van der Waals surface area contributed by atoms with E-state index < -0.39 is 0 Å². The van der Waals surface area contributed by atoms with E-state index in [1.54, 1.807) is 11.3 Å². The molecule has 112 valence electrons. The van der Waals surface area contributed by atoms with Gasteiger partial charge in [-0.3, -0.25) is 0 Å². The third-order valence-electron chi connectivity index (χ3n) is 3.79. The van der Waals surface area contributed by atoms with Crippen molar-refractivity contribution in [3.63, 3.8) is 0 Å². The van der Waals surface area contributed by atoms with E-state index in [0.717, 1.165) is 36.1 Å². The fourth-order valence-electron chi connectivity index (χ4n) is 2.49. The monoisotopic (exact) mass is 302 g/mol. The number of aromatic nitrogens is 2. The molecule has 1 fully saturated rings. The number of thiophene rings is 1. The van der Waals surface area contributed by atoms with E-state index in [-0.39, 0.29) is 0 Å². The number of hydrogen-bond acceptors (Lipinski definition) is 5. The van der Waals surface area contributed by atoms with Gasteiger partial charge < -0.3 is 10.2 Å². The van der Waals surface area contributed by atoms with E-state index in [1.165, 1.54) is 18.4 Å². The molecule has 3 rings (SSSR count). The van der Waals surface area contributed by atoms with Crippen molar-refractivity contribution in [1.82, 2.24) is 9.97 Å². The fraction of sp³-hybridized carbons (Fsp3) is 0.500. The summed E-state index contributed by atoms with van der Waals surface area (Å²) in [4.78, 5) is 11.8. The Morgan fingerprint density at radius 2 is 2.19 bits per heavy atom. The van der Waals surface area contributed by atoms with Gasteiger partial charge in [0, 0.05) is 31.6 Å². The molecule has 0 amide bonds. The molecule has 1 aliphatic rings. The van der Waals surface area contributed by atoms with Crippen molar-refractivity contribution in [2.24, 2.45) is 0 Å². The van der Waals surface area contributed by atoms with Crippen LogP contribution in [0.5, 0.6) is 0 Å². The van der Waals surface area contributed by atoms with Crippen LogP contribution < -0.4 is 10.2 Å². The number of nitrogens with zero attached hydrogens (tertiary/aromatic N) is 3. The molecule has 2 aromatic heterocycles. The molecule has 0 spiro atoms. The Morgan fingerprint density at radius 3 is 2.81 bits per heavy atom. The molecule has 21 heavy (non-hydrogen) atoms. The summed E-state index contributed by atoms with van der Waals surface area (Å²) in [7, 11) is 2.11. The maximum atomic E-state index is 4.84. The van der Waals surface area contributed by atoms with Crippen molar-refractivity contribution in [2.45, 2.75) is 39.2 Å². The zero-order chi connectivity index (χ0) is 14.8. The summed E-state index contributed by atoms with van der Waals surface area (Å²) in [6, 6.07) is 2.17. The molecular formula is C16H22N4S. The highest BCUT2D eigenvalue weighted by molar-refractivity contribution is 7.07. The van der Waals surface area contributed by atoms with E-state index in [4.69, 9.17) is 9.97 Å². The maximum Gasteiger partial charge on any atom is 0.137 e. The Labute approximate surface area is 130 Å². The number of rotatable bonds is 6. The summed E-state index contributed by atoms with van der Waals surface area (Å²) in [6.45, 7) is 5.98. The molecule has 1 N–H and O–H groups in total. The summed E-state index contributed by atoms with van der Waals surface area (Å²) in [5, 5.41) is 7.69. The predicted octanol–water partition coefficient (Wildman–Crippen LogP) is 3.79. The topological polar surface area (TPSA) is 41.1 Å². The first-order valence-electron chi connectivity index (χ1n) is 7.53. The van der Waals surface area contributed by atoms with Gasteiger partial charge in [-0.15, -0.1) is 0 Å². The molecule has 0 radical (unpaired) electrons. The van der Waals surface area contributed by atoms with Crippen molar-refractivity contribution in [3.05, 3.63) is 33.8 Å². The summed E-state index contributed by atoms with van der Waals surface area (Å²) in [6.07, 6.45) is 2.45. The number of hydrogen-bond donors (Lipinski definition) is 1. The number of nitrogens with one attached hydrogen (secondary N) is 1. The van der Waals surface area contributed by atoms with Gasteiger partial charge >= 0.3 is 0 Å². The van der Waals surface area contributed by atoms with Crippen LogP contribution in [-0.4, -0.2) is 23.6 Å². The molecule has 0 unspecified atom stereocenters. The summed E-state index contributed by atoms with van der Waals surface area (Å²) in [5.74, 6) is 3.61. The first-order valence-corrected chi connectivity index (χ1v) is 8.48. The van der Waals surface area contributed by atoms with Crippen LogP contribution in [0.2, 0.25) is 0 Å². The van der Waals surface area contributed by atoms with Crippen LogP contribution in [-0.2, 0) is 6.54 Å². The minimum Gasteiger partial charge on any atom is -0.370 e. The molecule has 0 aromatic carbocycles. The van der Waals surface area contributed by atoms with E-state index in [2.05, 4.69) is 47.9 Å². The van der Waals surface area contributed by atoms with Crippen molar-refractivity contribution in [2.75, 3.05) is 23.8 Å². The Bertz CT molecular complexity index is 605. The quantitative estimate of drug-likeness (QED) is 0.881. The van der Waals surface area contributed by atoms with Crippen LogP contribution in [0.1, 0.15) is 42.6 Å². The average Bonchev–Trinajstić information content (AvgIpc) is 3.20. The molecule has 2 aromatic rings. The van der Waals surface area contributed by atoms with E-state index >= 15 is 0 Å². The summed E-state index contributed by atoms with van der Waals surface area (Å²) in [5.41, 5.74) is 2.47. The first kappa shape index (κ1) is 14.3. The van der Waals surface area contributed by atoms with Crippen LogP contribution in [0.25, 0.3) is 0 Å². The molecule has 1 aliphatic carbocycles. The van der Waals surface area contributed by atoms with Gasteiger partial charge in [0.15, 0.2) is 0 Å². The zero-order valence-corrected chi connectivity index (χ0v) is 13.7. The third kappa shape index (κ3) is 3.18. The first-order chi connectivity index (χ1) is 10.2. The lowest BCUT2D eigenvalue weighted by Gasteiger charge is -2.22.